The van der Waals surface area contributed by atoms with Gasteiger partial charge < -0.3 is 9.64 Å². The van der Waals surface area contributed by atoms with Crippen LogP contribution < -0.4 is 0 Å². The van der Waals surface area contributed by atoms with Gasteiger partial charge in [0.1, 0.15) is 0 Å². The minimum atomic E-state index is -0.473. The number of nitrogens with zero attached hydrogens (tertiary/aromatic N) is 3. The largest absolute Gasteiger partial charge is 0.452 e. The third-order valence-corrected chi connectivity index (χ3v) is 6.00. The second-order valence-electron chi connectivity index (χ2n) is 8.20. The maximum Gasteiger partial charge on any atom is 0.338 e. The summed E-state index contributed by atoms with van der Waals surface area (Å²) in [5.41, 5.74) is 3.14. The van der Waals surface area contributed by atoms with Crippen molar-refractivity contribution in [1.82, 2.24) is 14.9 Å². The number of carbonyl (C=O) groups excluding carboxylic acids is 2. The number of ether oxygens (including phenoxy) is 1. The molecule has 1 saturated heterocycles. The molecule has 1 fully saturated rings. The molecule has 1 aliphatic rings. The molecule has 0 saturated carbocycles. The van der Waals surface area contributed by atoms with E-state index in [-0.39, 0.29) is 12.5 Å². The number of benzene rings is 1. The van der Waals surface area contributed by atoms with E-state index in [9.17, 15) is 9.59 Å². The molecule has 2 heterocycles. The minimum absolute atomic E-state index is 0.128. The van der Waals surface area contributed by atoms with Gasteiger partial charge in [0.05, 0.1) is 5.56 Å². The topological polar surface area (TPSA) is 72.4 Å². The van der Waals surface area contributed by atoms with Gasteiger partial charge in [0.15, 0.2) is 11.8 Å². The minimum Gasteiger partial charge on any atom is -0.452 e. The Morgan fingerprint density at radius 2 is 1.73 bits per heavy atom. The van der Waals surface area contributed by atoms with Crippen molar-refractivity contribution in [2.45, 2.75) is 45.0 Å². The number of aryl methyl sites for hydroxylation is 2. The normalized spacial score (nSPS) is 18.9. The van der Waals surface area contributed by atoms with E-state index in [1.54, 1.807) is 12.1 Å². The van der Waals surface area contributed by atoms with Crippen LogP contribution in [-0.2, 0) is 15.3 Å². The van der Waals surface area contributed by atoms with Crippen LogP contribution in [0.25, 0.3) is 0 Å². The second kappa shape index (κ2) is 10.1. The Hall–Kier alpha value is -2.41. The van der Waals surface area contributed by atoms with E-state index in [1.807, 2.05) is 36.9 Å². The van der Waals surface area contributed by atoms with Gasteiger partial charge >= 0.3 is 5.97 Å². The van der Waals surface area contributed by atoms with Gasteiger partial charge in [-0.1, -0.05) is 43.8 Å². The number of aromatic nitrogens is 2. The lowest BCUT2D eigenvalue weighted by Crippen LogP contribution is -2.44. The number of carbonyl (C=O) groups is 2. The summed E-state index contributed by atoms with van der Waals surface area (Å²) in [7, 11) is 0. The van der Waals surface area contributed by atoms with E-state index in [0.29, 0.717) is 28.3 Å². The molecule has 0 unspecified atom stereocenters. The molecular weight excluding hydrogens is 398 g/mol. The monoisotopic (exact) mass is 427 g/mol. The second-order valence-corrected chi connectivity index (χ2v) is 9.14. The Labute approximate surface area is 182 Å². The summed E-state index contributed by atoms with van der Waals surface area (Å²) >= 11 is 1.48. The maximum absolute atomic E-state index is 12.7. The van der Waals surface area contributed by atoms with Crippen molar-refractivity contribution in [1.29, 1.82) is 0 Å². The highest BCUT2D eigenvalue weighted by Gasteiger charge is 2.26. The molecule has 0 aliphatic carbocycles. The molecule has 1 amide bonds. The molecule has 30 heavy (non-hydrogen) atoms. The number of thioether (sulfide) groups is 1. The van der Waals surface area contributed by atoms with Gasteiger partial charge in [0.25, 0.3) is 5.91 Å². The van der Waals surface area contributed by atoms with Crippen LogP contribution in [0.15, 0.2) is 35.5 Å². The molecule has 1 aromatic carbocycles. The Morgan fingerprint density at radius 3 is 2.40 bits per heavy atom. The van der Waals surface area contributed by atoms with Crippen molar-refractivity contribution in [3.63, 3.8) is 0 Å². The molecule has 0 radical (unpaired) electrons. The van der Waals surface area contributed by atoms with Gasteiger partial charge in [-0.15, -0.1) is 0 Å². The molecule has 6 nitrogen and oxygen atoms in total. The van der Waals surface area contributed by atoms with Crippen LogP contribution in [-0.4, -0.2) is 46.4 Å². The SMILES string of the molecule is Cc1cc(C)nc(SCc2ccccc2C(=O)OCC(=O)N2C[C@H](C)C[C@@H](C)C2)n1. The van der Waals surface area contributed by atoms with Gasteiger partial charge in [-0.25, -0.2) is 14.8 Å². The third-order valence-electron chi connectivity index (χ3n) is 5.10. The number of hydrogen-bond acceptors (Lipinski definition) is 6. The quantitative estimate of drug-likeness (QED) is 0.393. The summed E-state index contributed by atoms with van der Waals surface area (Å²) in [5, 5.41) is 0.680. The van der Waals surface area contributed by atoms with Crippen molar-refractivity contribution in [2.24, 2.45) is 11.8 Å². The molecule has 0 N–H and O–H groups in total. The molecule has 160 valence electrons. The lowest BCUT2D eigenvalue weighted by atomic mass is 9.92. The lowest BCUT2D eigenvalue weighted by molar-refractivity contribution is -0.137. The van der Waals surface area contributed by atoms with Crippen LogP contribution in [0.3, 0.4) is 0 Å². The summed E-state index contributed by atoms with van der Waals surface area (Å²) in [6.45, 7) is 9.40. The fourth-order valence-corrected chi connectivity index (χ4v) is 4.86. The van der Waals surface area contributed by atoms with Crippen LogP contribution in [0.1, 0.15) is 47.6 Å². The molecule has 3 rings (SSSR count). The average molecular weight is 428 g/mol. The Balaban J connectivity index is 1.60. The van der Waals surface area contributed by atoms with E-state index < -0.39 is 5.97 Å². The van der Waals surface area contributed by atoms with Gasteiger partial charge in [-0.2, -0.15) is 0 Å². The first kappa shape index (κ1) is 22.3. The van der Waals surface area contributed by atoms with E-state index in [0.717, 1.165) is 36.5 Å². The number of likely N-dealkylation sites (tertiary alicyclic amines) is 1. The zero-order valence-corrected chi connectivity index (χ0v) is 18.9. The maximum atomic E-state index is 12.7. The molecule has 0 spiro atoms. The fourth-order valence-electron chi connectivity index (χ4n) is 3.91. The highest BCUT2D eigenvalue weighted by atomic mass is 32.2. The first-order valence-electron chi connectivity index (χ1n) is 10.3. The number of rotatable bonds is 6. The predicted molar refractivity (Wildman–Crippen MR) is 117 cm³/mol. The summed E-state index contributed by atoms with van der Waals surface area (Å²) < 4.78 is 5.37. The molecule has 2 atom stereocenters. The van der Waals surface area contributed by atoms with Crippen LogP contribution in [0.4, 0.5) is 0 Å². The summed E-state index contributed by atoms with van der Waals surface area (Å²) in [6, 6.07) is 9.24. The van der Waals surface area contributed by atoms with Gasteiger partial charge in [0.2, 0.25) is 0 Å². The Kier molecular flexibility index (Phi) is 7.48. The van der Waals surface area contributed by atoms with Crippen molar-refractivity contribution < 1.29 is 14.3 Å². The zero-order chi connectivity index (χ0) is 21.7. The highest BCUT2D eigenvalue weighted by Crippen LogP contribution is 2.23. The van der Waals surface area contributed by atoms with Crippen molar-refractivity contribution in [3.8, 4) is 0 Å². The predicted octanol–water partition coefficient (Wildman–Crippen LogP) is 4.05. The summed E-state index contributed by atoms with van der Waals surface area (Å²) in [5.74, 6) is 0.886. The van der Waals surface area contributed by atoms with E-state index in [1.165, 1.54) is 11.8 Å². The number of amides is 1. The molecule has 2 aromatic rings. The van der Waals surface area contributed by atoms with Gasteiger partial charge in [0, 0.05) is 30.2 Å². The number of hydrogen-bond donors (Lipinski definition) is 0. The van der Waals surface area contributed by atoms with E-state index in [2.05, 4.69) is 23.8 Å². The van der Waals surface area contributed by atoms with Crippen LogP contribution in [0.5, 0.6) is 0 Å². The standard InChI is InChI=1S/C23H29N3O3S/c1-15-9-16(2)12-26(11-15)21(27)13-29-22(28)20-8-6-5-7-19(20)14-30-23-24-17(3)10-18(4)25-23/h5-8,10,15-16H,9,11-14H2,1-4H3/t15-,16-/m1/s1. The van der Waals surface area contributed by atoms with Crippen molar-refractivity contribution in [2.75, 3.05) is 19.7 Å². The van der Waals surface area contributed by atoms with Crippen LogP contribution in [0, 0.1) is 25.7 Å². The van der Waals surface area contributed by atoms with Crippen molar-refractivity contribution >= 4 is 23.6 Å². The lowest BCUT2D eigenvalue weighted by Gasteiger charge is -2.34. The summed E-state index contributed by atoms with van der Waals surface area (Å²) in [6.07, 6.45) is 1.12. The van der Waals surface area contributed by atoms with E-state index >= 15 is 0 Å². The molecule has 0 bridgehead atoms. The van der Waals surface area contributed by atoms with Gasteiger partial charge in [-0.05, 0) is 49.8 Å². The molecule has 1 aromatic heterocycles. The first-order valence-corrected chi connectivity index (χ1v) is 11.3. The Bertz CT molecular complexity index is 888. The fraction of sp³-hybridized carbons (Fsp3) is 0.478. The smallest absolute Gasteiger partial charge is 0.338 e. The Morgan fingerprint density at radius 1 is 1.10 bits per heavy atom. The molecular formula is C23H29N3O3S. The van der Waals surface area contributed by atoms with Crippen LogP contribution >= 0.6 is 11.8 Å². The average Bonchev–Trinajstić information content (AvgIpc) is 2.69. The molecule has 1 aliphatic heterocycles. The van der Waals surface area contributed by atoms with Gasteiger partial charge in [-0.3, -0.25) is 4.79 Å². The number of esters is 1. The van der Waals surface area contributed by atoms with Crippen molar-refractivity contribution in [3.05, 3.63) is 52.8 Å². The summed E-state index contributed by atoms with van der Waals surface area (Å²) in [4.78, 5) is 35.9. The third kappa shape index (κ3) is 6.05. The first-order chi connectivity index (χ1) is 14.3. The van der Waals surface area contributed by atoms with Crippen LogP contribution in [0.2, 0.25) is 0 Å². The highest BCUT2D eigenvalue weighted by molar-refractivity contribution is 7.98. The molecule has 7 heteroatoms. The van der Waals surface area contributed by atoms with E-state index in [4.69, 9.17) is 4.74 Å². The zero-order valence-electron chi connectivity index (χ0n) is 18.1. The number of piperidine rings is 1.